The number of carbonyl (C=O) groups is 1. The highest BCUT2D eigenvalue weighted by molar-refractivity contribution is 9.10. The van der Waals surface area contributed by atoms with Crippen LogP contribution >= 0.6 is 27.5 Å². The number of halogens is 2. The third-order valence-electron chi connectivity index (χ3n) is 3.00. The molecule has 1 atom stereocenters. The second-order valence-electron chi connectivity index (χ2n) is 4.36. The molecule has 7 heteroatoms. The van der Waals surface area contributed by atoms with Crippen LogP contribution in [0.3, 0.4) is 0 Å². The summed E-state index contributed by atoms with van der Waals surface area (Å²) in [6.07, 6.45) is 0. The van der Waals surface area contributed by atoms with Gasteiger partial charge in [0.05, 0.1) is 30.3 Å². The van der Waals surface area contributed by atoms with Crippen molar-refractivity contribution in [2.75, 3.05) is 33.0 Å². The van der Waals surface area contributed by atoms with Crippen LogP contribution in [-0.2, 0) is 9.53 Å². The summed E-state index contributed by atoms with van der Waals surface area (Å²) in [6.45, 7) is 1.10. The van der Waals surface area contributed by atoms with Crippen molar-refractivity contribution in [1.82, 2.24) is 4.90 Å². The summed E-state index contributed by atoms with van der Waals surface area (Å²) in [5.41, 5.74) is 0. The number of benzene rings is 1. The van der Waals surface area contributed by atoms with Gasteiger partial charge in [-0.3, -0.25) is 4.79 Å². The Balaban J connectivity index is 1.94. The first-order chi connectivity index (χ1) is 9.61. The first-order valence-electron chi connectivity index (χ1n) is 6.17. The highest BCUT2D eigenvalue weighted by Gasteiger charge is 2.26. The molecular weight excluding hydrogens is 350 g/mol. The van der Waals surface area contributed by atoms with Crippen LogP contribution in [-0.4, -0.2) is 54.9 Å². The number of rotatable bonds is 4. The number of carbonyl (C=O) groups excluding carboxylic acids is 1. The summed E-state index contributed by atoms with van der Waals surface area (Å²) in [5.74, 6) is 0.380. The minimum absolute atomic E-state index is 0.0866. The molecule has 20 heavy (non-hydrogen) atoms. The maximum Gasteiger partial charge on any atom is 0.260 e. The monoisotopic (exact) mass is 363 g/mol. The summed E-state index contributed by atoms with van der Waals surface area (Å²) in [6, 6.07) is 4.79. The highest BCUT2D eigenvalue weighted by atomic mass is 79.9. The first kappa shape index (κ1) is 15.6. The van der Waals surface area contributed by atoms with Crippen LogP contribution in [0.1, 0.15) is 0 Å². The zero-order valence-electron chi connectivity index (χ0n) is 10.7. The van der Waals surface area contributed by atoms with Crippen molar-refractivity contribution >= 4 is 33.4 Å². The molecule has 0 radical (unpaired) electrons. The Kier molecular flexibility index (Phi) is 5.65. The van der Waals surface area contributed by atoms with E-state index in [9.17, 15) is 9.90 Å². The van der Waals surface area contributed by atoms with Crippen molar-refractivity contribution < 1.29 is 19.4 Å². The van der Waals surface area contributed by atoms with Crippen molar-refractivity contribution in [3.05, 3.63) is 27.7 Å². The van der Waals surface area contributed by atoms with Crippen molar-refractivity contribution in [2.45, 2.75) is 6.04 Å². The molecule has 1 unspecified atom stereocenters. The fraction of sp³-hybridized carbons (Fsp3) is 0.462. The number of nitrogens with zero attached hydrogens (tertiary/aromatic N) is 1. The Labute approximate surface area is 130 Å². The van der Waals surface area contributed by atoms with Gasteiger partial charge in [-0.1, -0.05) is 11.6 Å². The Bertz CT molecular complexity index is 485. The number of hydrogen-bond donors (Lipinski definition) is 1. The number of ether oxygens (including phenoxy) is 2. The molecule has 1 amide bonds. The van der Waals surface area contributed by atoms with Crippen LogP contribution in [0.5, 0.6) is 5.75 Å². The summed E-state index contributed by atoms with van der Waals surface area (Å²) in [5, 5.41) is 9.82. The summed E-state index contributed by atoms with van der Waals surface area (Å²) >= 11 is 9.16. The number of aliphatic hydroxyl groups is 1. The third-order valence-corrected chi connectivity index (χ3v) is 3.86. The number of aliphatic hydroxyl groups excluding tert-OH is 1. The van der Waals surface area contributed by atoms with E-state index in [1.807, 2.05) is 0 Å². The van der Waals surface area contributed by atoms with E-state index in [1.165, 1.54) is 0 Å². The molecule has 1 aromatic carbocycles. The molecule has 0 saturated carbocycles. The fourth-order valence-corrected chi connectivity index (χ4v) is 2.75. The highest BCUT2D eigenvalue weighted by Crippen LogP contribution is 2.28. The van der Waals surface area contributed by atoms with E-state index in [1.54, 1.807) is 23.1 Å². The van der Waals surface area contributed by atoms with Crippen molar-refractivity contribution in [2.24, 2.45) is 0 Å². The lowest BCUT2D eigenvalue weighted by molar-refractivity contribution is -0.143. The predicted molar refractivity (Wildman–Crippen MR) is 78.1 cm³/mol. The summed E-state index contributed by atoms with van der Waals surface area (Å²) in [7, 11) is 0. The van der Waals surface area contributed by atoms with Gasteiger partial charge in [0.15, 0.2) is 6.61 Å². The van der Waals surface area contributed by atoms with E-state index in [0.29, 0.717) is 35.0 Å². The van der Waals surface area contributed by atoms with Gasteiger partial charge < -0.3 is 19.5 Å². The molecule has 1 N–H and O–H groups in total. The van der Waals surface area contributed by atoms with Gasteiger partial charge in [0.2, 0.25) is 0 Å². The average molecular weight is 365 g/mol. The van der Waals surface area contributed by atoms with Gasteiger partial charge in [0, 0.05) is 11.6 Å². The Morgan fingerprint density at radius 3 is 3.10 bits per heavy atom. The fourth-order valence-electron chi connectivity index (χ4n) is 1.95. The maximum absolute atomic E-state index is 12.1. The minimum atomic E-state index is -0.298. The lowest BCUT2D eigenvalue weighted by Crippen LogP contribution is -2.51. The standard InChI is InChI=1S/C13H15BrClNO4/c14-11-5-9(15)1-2-12(11)20-8-13(18)16-3-4-19-7-10(16)6-17/h1-2,5,10,17H,3-4,6-8H2. The minimum Gasteiger partial charge on any atom is -0.483 e. The molecule has 0 aromatic heterocycles. The zero-order valence-corrected chi connectivity index (χ0v) is 13.1. The molecule has 0 aliphatic carbocycles. The SMILES string of the molecule is O=C(COc1ccc(Cl)cc1Br)N1CCOCC1CO. The molecule has 1 aromatic rings. The topological polar surface area (TPSA) is 59.0 Å². The molecule has 110 valence electrons. The van der Waals surface area contributed by atoms with E-state index in [0.717, 1.165) is 0 Å². The zero-order chi connectivity index (χ0) is 14.5. The Morgan fingerprint density at radius 1 is 1.60 bits per heavy atom. The van der Waals surface area contributed by atoms with Gasteiger partial charge in [0.25, 0.3) is 5.91 Å². The van der Waals surface area contributed by atoms with Crippen molar-refractivity contribution in [3.8, 4) is 5.75 Å². The van der Waals surface area contributed by atoms with Crippen LogP contribution in [0.25, 0.3) is 0 Å². The second kappa shape index (κ2) is 7.26. The Morgan fingerprint density at radius 2 is 2.40 bits per heavy atom. The normalized spacial score (nSPS) is 18.9. The van der Waals surface area contributed by atoms with Gasteiger partial charge >= 0.3 is 0 Å². The molecule has 1 aliphatic heterocycles. The van der Waals surface area contributed by atoms with Gasteiger partial charge in [0.1, 0.15) is 5.75 Å². The Hall–Kier alpha value is -0.820. The van der Waals surface area contributed by atoms with E-state index >= 15 is 0 Å². The van der Waals surface area contributed by atoms with Crippen LogP contribution < -0.4 is 4.74 Å². The largest absolute Gasteiger partial charge is 0.483 e. The molecule has 0 spiro atoms. The van der Waals surface area contributed by atoms with Crippen LogP contribution in [0.15, 0.2) is 22.7 Å². The van der Waals surface area contributed by atoms with Crippen molar-refractivity contribution in [1.29, 1.82) is 0 Å². The third kappa shape index (κ3) is 3.85. The second-order valence-corrected chi connectivity index (χ2v) is 5.65. The molecule has 0 bridgehead atoms. The summed E-state index contributed by atoms with van der Waals surface area (Å²) < 4.78 is 11.4. The molecule has 2 rings (SSSR count). The number of morpholine rings is 1. The molecule has 1 fully saturated rings. The predicted octanol–water partition coefficient (Wildman–Crippen LogP) is 1.70. The van der Waals surface area contributed by atoms with E-state index in [2.05, 4.69) is 15.9 Å². The van der Waals surface area contributed by atoms with E-state index in [4.69, 9.17) is 21.1 Å². The van der Waals surface area contributed by atoms with E-state index < -0.39 is 0 Å². The molecule has 1 heterocycles. The van der Waals surface area contributed by atoms with Gasteiger partial charge in [-0.15, -0.1) is 0 Å². The van der Waals surface area contributed by atoms with Crippen LogP contribution in [0, 0.1) is 0 Å². The van der Waals surface area contributed by atoms with Crippen molar-refractivity contribution in [3.63, 3.8) is 0 Å². The summed E-state index contributed by atoms with van der Waals surface area (Å²) in [4.78, 5) is 13.7. The van der Waals surface area contributed by atoms with Gasteiger partial charge in [-0.05, 0) is 34.1 Å². The smallest absolute Gasteiger partial charge is 0.260 e. The van der Waals surface area contributed by atoms with E-state index in [-0.39, 0.29) is 25.2 Å². The lowest BCUT2D eigenvalue weighted by Gasteiger charge is -2.34. The number of hydrogen-bond acceptors (Lipinski definition) is 4. The maximum atomic E-state index is 12.1. The number of amides is 1. The first-order valence-corrected chi connectivity index (χ1v) is 7.35. The molecule has 5 nitrogen and oxygen atoms in total. The van der Waals surface area contributed by atoms with Crippen LogP contribution in [0.4, 0.5) is 0 Å². The lowest BCUT2D eigenvalue weighted by atomic mass is 10.2. The van der Waals surface area contributed by atoms with Gasteiger partial charge in [-0.2, -0.15) is 0 Å². The quantitative estimate of drug-likeness (QED) is 0.883. The molecule has 1 aliphatic rings. The van der Waals surface area contributed by atoms with Gasteiger partial charge in [-0.25, -0.2) is 0 Å². The van der Waals surface area contributed by atoms with Crippen LogP contribution in [0.2, 0.25) is 5.02 Å². The molecular formula is C13H15BrClNO4. The molecule has 1 saturated heterocycles. The average Bonchev–Trinajstić information content (AvgIpc) is 2.46.